The zero-order valence-electron chi connectivity index (χ0n) is 11.2. The number of rotatable bonds is 5. The van der Waals surface area contributed by atoms with Crippen molar-refractivity contribution in [3.05, 3.63) is 17.0 Å². The molecule has 0 aliphatic heterocycles. The van der Waals surface area contributed by atoms with Gasteiger partial charge in [-0.05, 0) is 27.7 Å². The zero-order chi connectivity index (χ0) is 13.9. The van der Waals surface area contributed by atoms with Gasteiger partial charge in [0.15, 0.2) is 0 Å². The fourth-order valence-corrected chi connectivity index (χ4v) is 2.18. The molecule has 1 rings (SSSR count). The fourth-order valence-electron chi connectivity index (χ4n) is 2.18. The molecule has 1 aromatic rings. The van der Waals surface area contributed by atoms with Crippen LogP contribution in [0.3, 0.4) is 0 Å². The normalized spacial score (nSPS) is 13.9. The lowest BCUT2D eigenvalue weighted by Gasteiger charge is -2.15. The first kappa shape index (κ1) is 15.0. The highest BCUT2D eigenvalue weighted by atomic mass is 19.4. The first-order valence-corrected chi connectivity index (χ1v) is 6.10. The summed E-state index contributed by atoms with van der Waals surface area (Å²) in [4.78, 5) is 0. The van der Waals surface area contributed by atoms with E-state index in [1.807, 2.05) is 32.4 Å². The second kappa shape index (κ2) is 5.73. The van der Waals surface area contributed by atoms with Crippen LogP contribution in [0.1, 0.15) is 43.3 Å². The molecule has 1 N–H and O–H groups in total. The molecule has 0 amide bonds. The summed E-state index contributed by atoms with van der Waals surface area (Å²) in [5.41, 5.74) is 2.89. The standard InChI is InChI=1S/C12H20F3N3/c1-5-18-10(4)11(9(3)17-18)8(2)16-7-6-12(13,14)15/h8,16H,5-7H2,1-4H3. The minimum Gasteiger partial charge on any atom is -0.310 e. The van der Waals surface area contributed by atoms with E-state index in [4.69, 9.17) is 0 Å². The molecule has 0 aliphatic rings. The van der Waals surface area contributed by atoms with Crippen LogP contribution < -0.4 is 5.32 Å². The van der Waals surface area contributed by atoms with Crippen molar-refractivity contribution in [2.24, 2.45) is 0 Å². The predicted molar refractivity (Wildman–Crippen MR) is 64.5 cm³/mol. The molecule has 0 saturated carbocycles. The van der Waals surface area contributed by atoms with Gasteiger partial charge in [0.25, 0.3) is 0 Å². The maximum atomic E-state index is 12.1. The van der Waals surface area contributed by atoms with E-state index < -0.39 is 12.6 Å². The lowest BCUT2D eigenvalue weighted by molar-refractivity contribution is -0.133. The molecule has 1 atom stereocenters. The largest absolute Gasteiger partial charge is 0.390 e. The van der Waals surface area contributed by atoms with Crippen molar-refractivity contribution in [2.75, 3.05) is 6.54 Å². The van der Waals surface area contributed by atoms with E-state index in [9.17, 15) is 13.2 Å². The van der Waals surface area contributed by atoms with Crippen molar-refractivity contribution >= 4 is 0 Å². The zero-order valence-corrected chi connectivity index (χ0v) is 11.2. The molecule has 0 fully saturated rings. The molecule has 3 nitrogen and oxygen atoms in total. The Balaban J connectivity index is 2.67. The Bertz CT molecular complexity index is 396. The molecular weight excluding hydrogens is 243 g/mol. The van der Waals surface area contributed by atoms with Gasteiger partial charge in [-0.1, -0.05) is 0 Å². The van der Waals surface area contributed by atoms with Crippen LogP contribution >= 0.6 is 0 Å². The van der Waals surface area contributed by atoms with Crippen molar-refractivity contribution in [3.63, 3.8) is 0 Å². The second-order valence-corrected chi connectivity index (χ2v) is 4.44. The minimum absolute atomic E-state index is 0.0686. The molecule has 1 aromatic heterocycles. The molecule has 0 aromatic carbocycles. The predicted octanol–water partition coefficient (Wildman–Crippen LogP) is 3.12. The monoisotopic (exact) mass is 263 g/mol. The van der Waals surface area contributed by atoms with Crippen LogP contribution in [-0.2, 0) is 6.54 Å². The Morgan fingerprint density at radius 2 is 1.94 bits per heavy atom. The van der Waals surface area contributed by atoms with Crippen molar-refractivity contribution in [3.8, 4) is 0 Å². The molecule has 0 aliphatic carbocycles. The van der Waals surface area contributed by atoms with Gasteiger partial charge in [0.1, 0.15) is 0 Å². The number of nitrogens with one attached hydrogen (secondary N) is 1. The average molecular weight is 263 g/mol. The summed E-state index contributed by atoms with van der Waals surface area (Å²) in [6.07, 6.45) is -4.91. The minimum atomic E-state index is -4.11. The number of hydrogen-bond acceptors (Lipinski definition) is 2. The van der Waals surface area contributed by atoms with Gasteiger partial charge >= 0.3 is 6.18 Å². The van der Waals surface area contributed by atoms with Gasteiger partial charge in [0.05, 0.1) is 12.1 Å². The maximum absolute atomic E-state index is 12.1. The molecule has 0 radical (unpaired) electrons. The third-order valence-electron chi connectivity index (χ3n) is 3.03. The quantitative estimate of drug-likeness (QED) is 0.884. The van der Waals surface area contributed by atoms with Crippen molar-refractivity contribution < 1.29 is 13.2 Å². The number of hydrogen-bond donors (Lipinski definition) is 1. The highest BCUT2D eigenvalue weighted by molar-refractivity contribution is 5.27. The Kier molecular flexibility index (Phi) is 4.78. The van der Waals surface area contributed by atoms with Crippen LogP contribution in [0, 0.1) is 13.8 Å². The van der Waals surface area contributed by atoms with E-state index in [1.54, 1.807) is 0 Å². The molecule has 0 saturated heterocycles. The second-order valence-electron chi connectivity index (χ2n) is 4.44. The molecule has 0 spiro atoms. The highest BCUT2D eigenvalue weighted by Crippen LogP contribution is 2.23. The summed E-state index contributed by atoms with van der Waals surface area (Å²) in [6.45, 7) is 8.39. The summed E-state index contributed by atoms with van der Waals surface area (Å²) in [5.74, 6) is 0. The highest BCUT2D eigenvalue weighted by Gasteiger charge is 2.27. The Hall–Kier alpha value is -1.04. The fraction of sp³-hybridized carbons (Fsp3) is 0.750. The topological polar surface area (TPSA) is 29.9 Å². The molecule has 6 heteroatoms. The van der Waals surface area contributed by atoms with E-state index in [2.05, 4.69) is 10.4 Å². The number of halogens is 3. The Morgan fingerprint density at radius 3 is 2.39 bits per heavy atom. The first-order valence-electron chi connectivity index (χ1n) is 6.10. The van der Waals surface area contributed by atoms with E-state index in [0.29, 0.717) is 0 Å². The molecule has 18 heavy (non-hydrogen) atoms. The van der Waals surface area contributed by atoms with Gasteiger partial charge in [0.2, 0.25) is 0 Å². The molecule has 1 heterocycles. The van der Waals surface area contributed by atoms with E-state index in [0.717, 1.165) is 23.5 Å². The van der Waals surface area contributed by atoms with Crippen LogP contribution in [0.4, 0.5) is 13.2 Å². The lowest BCUT2D eigenvalue weighted by Crippen LogP contribution is -2.25. The summed E-state index contributed by atoms with van der Waals surface area (Å²) in [7, 11) is 0. The van der Waals surface area contributed by atoms with Gasteiger partial charge < -0.3 is 5.32 Å². The summed E-state index contributed by atoms with van der Waals surface area (Å²) >= 11 is 0. The van der Waals surface area contributed by atoms with Gasteiger partial charge in [0, 0.05) is 30.4 Å². The van der Waals surface area contributed by atoms with E-state index in [-0.39, 0.29) is 12.6 Å². The number of aromatic nitrogens is 2. The maximum Gasteiger partial charge on any atom is 0.390 e. The van der Waals surface area contributed by atoms with Crippen molar-refractivity contribution in [2.45, 2.75) is 52.9 Å². The van der Waals surface area contributed by atoms with Crippen LogP contribution in [0.15, 0.2) is 0 Å². The lowest BCUT2D eigenvalue weighted by atomic mass is 10.1. The summed E-state index contributed by atoms with van der Waals surface area (Å²) < 4.78 is 38.1. The molecule has 1 unspecified atom stereocenters. The number of nitrogens with zero attached hydrogens (tertiary/aromatic N) is 2. The average Bonchev–Trinajstić information content (AvgIpc) is 2.51. The van der Waals surface area contributed by atoms with Crippen LogP contribution in [-0.4, -0.2) is 22.5 Å². The molecule has 104 valence electrons. The summed E-state index contributed by atoms with van der Waals surface area (Å²) in [5, 5.41) is 7.26. The smallest absolute Gasteiger partial charge is 0.310 e. The van der Waals surface area contributed by atoms with Crippen molar-refractivity contribution in [1.82, 2.24) is 15.1 Å². The third kappa shape index (κ3) is 3.73. The molecule has 0 bridgehead atoms. The van der Waals surface area contributed by atoms with E-state index >= 15 is 0 Å². The Morgan fingerprint density at radius 1 is 1.33 bits per heavy atom. The first-order chi connectivity index (χ1) is 8.26. The van der Waals surface area contributed by atoms with Gasteiger partial charge in [-0.2, -0.15) is 18.3 Å². The van der Waals surface area contributed by atoms with Crippen LogP contribution in [0.25, 0.3) is 0 Å². The molecular formula is C12H20F3N3. The Labute approximate surface area is 105 Å². The number of alkyl halides is 3. The van der Waals surface area contributed by atoms with Crippen LogP contribution in [0.2, 0.25) is 0 Å². The SMILES string of the molecule is CCn1nc(C)c(C(C)NCCC(F)(F)F)c1C. The van der Waals surface area contributed by atoms with Gasteiger partial charge in [-0.15, -0.1) is 0 Å². The van der Waals surface area contributed by atoms with Crippen LogP contribution in [0.5, 0.6) is 0 Å². The third-order valence-corrected chi connectivity index (χ3v) is 3.03. The van der Waals surface area contributed by atoms with Gasteiger partial charge in [-0.25, -0.2) is 0 Å². The van der Waals surface area contributed by atoms with E-state index in [1.165, 1.54) is 0 Å². The van der Waals surface area contributed by atoms with Gasteiger partial charge in [-0.3, -0.25) is 4.68 Å². The number of aryl methyl sites for hydroxylation is 2. The summed E-state index contributed by atoms with van der Waals surface area (Å²) in [6, 6.07) is -0.118. The van der Waals surface area contributed by atoms with Crippen molar-refractivity contribution in [1.29, 1.82) is 0 Å².